The van der Waals surface area contributed by atoms with Gasteiger partial charge in [-0.15, -0.1) is 0 Å². The Kier molecular flexibility index (Phi) is 4.49. The van der Waals surface area contributed by atoms with Crippen molar-refractivity contribution < 1.29 is 9.90 Å². The summed E-state index contributed by atoms with van der Waals surface area (Å²) in [6.45, 7) is 3.92. The van der Waals surface area contributed by atoms with Crippen LogP contribution in [-0.2, 0) is 4.79 Å². The average Bonchev–Trinajstić information content (AvgIpc) is 2.19. The Labute approximate surface area is 98.9 Å². The number of halogens is 1. The van der Waals surface area contributed by atoms with Crippen molar-refractivity contribution in [3.8, 4) is 0 Å². The Hall–Kier alpha value is -1.36. The number of rotatable bonds is 5. The smallest absolute Gasteiger partial charge is 0.326 e. The van der Waals surface area contributed by atoms with Gasteiger partial charge < -0.3 is 10.4 Å². The first-order valence-corrected chi connectivity index (χ1v) is 5.33. The van der Waals surface area contributed by atoms with E-state index in [1.807, 2.05) is 13.8 Å². The van der Waals surface area contributed by atoms with Gasteiger partial charge in [0.25, 0.3) is 0 Å². The van der Waals surface area contributed by atoms with E-state index in [0.29, 0.717) is 11.4 Å². The number of hydrogen-bond donors (Lipinski definition) is 2. The van der Waals surface area contributed by atoms with Crippen molar-refractivity contribution in [1.29, 1.82) is 0 Å². The number of nitrogens with zero attached hydrogens (tertiary/aromatic N) is 2. The molecule has 16 heavy (non-hydrogen) atoms. The first-order valence-electron chi connectivity index (χ1n) is 4.96. The summed E-state index contributed by atoms with van der Waals surface area (Å²) in [5.74, 6) is -0.356. The van der Waals surface area contributed by atoms with Gasteiger partial charge in [0, 0.05) is 0 Å². The zero-order valence-corrected chi connectivity index (χ0v) is 9.90. The molecule has 1 atom stereocenters. The quantitative estimate of drug-likeness (QED) is 0.828. The Morgan fingerprint density at radius 3 is 2.50 bits per heavy atom. The maximum atomic E-state index is 11.0. The minimum absolute atomic E-state index is 0.275. The average molecular weight is 244 g/mol. The molecule has 0 saturated carbocycles. The zero-order valence-electron chi connectivity index (χ0n) is 9.14. The number of hydrogen-bond acceptors (Lipinski definition) is 4. The highest BCUT2D eigenvalue weighted by Crippen LogP contribution is 2.11. The van der Waals surface area contributed by atoms with Crippen molar-refractivity contribution >= 4 is 23.5 Å². The Morgan fingerprint density at radius 1 is 1.50 bits per heavy atom. The molecule has 0 aromatic carbocycles. The minimum atomic E-state index is -0.910. The van der Waals surface area contributed by atoms with E-state index in [1.54, 1.807) is 0 Å². The van der Waals surface area contributed by atoms with Crippen LogP contribution >= 0.6 is 11.6 Å². The lowest BCUT2D eigenvalue weighted by Crippen LogP contribution is -2.31. The summed E-state index contributed by atoms with van der Waals surface area (Å²) in [6.07, 6.45) is 3.36. The van der Waals surface area contributed by atoms with Crippen molar-refractivity contribution in [2.75, 3.05) is 5.32 Å². The van der Waals surface area contributed by atoms with Crippen LogP contribution in [0.3, 0.4) is 0 Å². The lowest BCUT2D eigenvalue weighted by atomic mass is 10.0. The van der Waals surface area contributed by atoms with E-state index >= 15 is 0 Å². The molecule has 1 aromatic rings. The van der Waals surface area contributed by atoms with Crippen molar-refractivity contribution in [2.24, 2.45) is 5.92 Å². The third kappa shape index (κ3) is 4.02. The predicted octanol–water partition coefficient (Wildman–Crippen LogP) is 2.04. The highest BCUT2D eigenvalue weighted by Gasteiger charge is 2.19. The fourth-order valence-electron chi connectivity index (χ4n) is 1.24. The Balaban J connectivity index is 2.68. The number of aromatic nitrogens is 2. The molecule has 88 valence electrons. The molecule has 0 unspecified atom stereocenters. The van der Waals surface area contributed by atoms with Crippen molar-refractivity contribution in [3.63, 3.8) is 0 Å². The number of carbonyl (C=O) groups is 1. The molecule has 5 nitrogen and oxygen atoms in total. The number of carboxylic acids is 1. The molecule has 0 bridgehead atoms. The Bertz CT molecular complexity index is 354. The summed E-state index contributed by atoms with van der Waals surface area (Å²) in [7, 11) is 0. The molecular weight excluding hydrogens is 230 g/mol. The van der Waals surface area contributed by atoms with E-state index in [4.69, 9.17) is 16.7 Å². The van der Waals surface area contributed by atoms with Crippen LogP contribution in [0.5, 0.6) is 0 Å². The molecule has 0 radical (unpaired) electrons. The molecule has 0 aliphatic carbocycles. The summed E-state index contributed by atoms with van der Waals surface area (Å²) >= 11 is 5.63. The molecule has 1 heterocycles. The van der Waals surface area contributed by atoms with Crippen LogP contribution in [0.2, 0.25) is 5.02 Å². The second kappa shape index (κ2) is 5.65. The second-order valence-electron chi connectivity index (χ2n) is 3.89. The third-order valence-corrected chi connectivity index (χ3v) is 2.12. The lowest BCUT2D eigenvalue weighted by Gasteiger charge is -2.15. The van der Waals surface area contributed by atoms with Crippen LogP contribution in [0.25, 0.3) is 0 Å². The second-order valence-corrected chi connectivity index (χ2v) is 4.33. The first kappa shape index (κ1) is 12.7. The van der Waals surface area contributed by atoms with Gasteiger partial charge in [-0.1, -0.05) is 25.4 Å². The number of anilines is 1. The Morgan fingerprint density at radius 2 is 2.06 bits per heavy atom. The minimum Gasteiger partial charge on any atom is -0.480 e. The molecule has 6 heteroatoms. The number of nitrogens with one attached hydrogen (secondary N) is 1. The van der Waals surface area contributed by atoms with E-state index < -0.39 is 12.0 Å². The van der Waals surface area contributed by atoms with Gasteiger partial charge in [-0.25, -0.2) is 14.8 Å². The van der Waals surface area contributed by atoms with Gasteiger partial charge in [0.05, 0.1) is 17.4 Å². The molecular formula is C10H14ClN3O2. The topological polar surface area (TPSA) is 75.1 Å². The molecule has 1 rings (SSSR count). The maximum Gasteiger partial charge on any atom is 0.326 e. The summed E-state index contributed by atoms with van der Waals surface area (Å²) in [6, 6.07) is -0.679. The number of aliphatic carboxylic acids is 1. The van der Waals surface area contributed by atoms with Gasteiger partial charge in [0.1, 0.15) is 6.04 Å². The van der Waals surface area contributed by atoms with Gasteiger partial charge >= 0.3 is 5.97 Å². The van der Waals surface area contributed by atoms with Crippen LogP contribution in [0.15, 0.2) is 12.4 Å². The fraction of sp³-hybridized carbons (Fsp3) is 0.500. The normalized spacial score (nSPS) is 12.5. The van der Waals surface area contributed by atoms with Crippen LogP contribution in [0, 0.1) is 5.92 Å². The lowest BCUT2D eigenvalue weighted by molar-refractivity contribution is -0.138. The molecule has 1 aromatic heterocycles. The summed E-state index contributed by atoms with van der Waals surface area (Å²) in [5.41, 5.74) is 0. The third-order valence-electron chi connectivity index (χ3n) is 1.93. The van der Waals surface area contributed by atoms with Crippen LogP contribution in [-0.4, -0.2) is 27.1 Å². The van der Waals surface area contributed by atoms with Gasteiger partial charge in [-0.3, -0.25) is 0 Å². The van der Waals surface area contributed by atoms with Crippen molar-refractivity contribution in [1.82, 2.24) is 9.97 Å². The highest BCUT2D eigenvalue weighted by atomic mass is 35.5. The van der Waals surface area contributed by atoms with Crippen LogP contribution < -0.4 is 5.32 Å². The van der Waals surface area contributed by atoms with Gasteiger partial charge in [0.15, 0.2) is 0 Å². The zero-order chi connectivity index (χ0) is 12.1. The highest BCUT2D eigenvalue weighted by molar-refractivity contribution is 6.30. The van der Waals surface area contributed by atoms with E-state index in [1.165, 1.54) is 12.4 Å². The predicted molar refractivity (Wildman–Crippen MR) is 61.5 cm³/mol. The van der Waals surface area contributed by atoms with Crippen molar-refractivity contribution in [2.45, 2.75) is 26.3 Å². The van der Waals surface area contributed by atoms with E-state index in [-0.39, 0.29) is 11.9 Å². The first-order chi connectivity index (χ1) is 7.49. The molecule has 0 aliphatic rings. The largest absolute Gasteiger partial charge is 0.480 e. The van der Waals surface area contributed by atoms with Gasteiger partial charge in [0.2, 0.25) is 5.95 Å². The van der Waals surface area contributed by atoms with E-state index in [0.717, 1.165) is 0 Å². The fourth-order valence-corrected chi connectivity index (χ4v) is 1.33. The van der Waals surface area contributed by atoms with E-state index in [2.05, 4.69) is 15.3 Å². The number of carboxylic acid groups (broad SMARTS) is 1. The SMILES string of the molecule is CC(C)C[C@H](Nc1ncc(Cl)cn1)C(=O)O. The molecule has 0 saturated heterocycles. The van der Waals surface area contributed by atoms with E-state index in [9.17, 15) is 4.79 Å². The monoisotopic (exact) mass is 243 g/mol. The molecule has 0 fully saturated rings. The van der Waals surface area contributed by atoms with Gasteiger partial charge in [-0.2, -0.15) is 0 Å². The maximum absolute atomic E-state index is 11.0. The molecule has 0 amide bonds. The standard InChI is InChI=1S/C10H14ClN3O2/c1-6(2)3-8(9(15)16)14-10-12-4-7(11)5-13-10/h4-6,8H,3H2,1-2H3,(H,15,16)(H,12,13,14)/t8-/m0/s1. The molecule has 2 N–H and O–H groups in total. The summed E-state index contributed by atoms with van der Waals surface area (Å²) in [4.78, 5) is 18.7. The van der Waals surface area contributed by atoms with Crippen molar-refractivity contribution in [3.05, 3.63) is 17.4 Å². The van der Waals surface area contributed by atoms with Gasteiger partial charge in [-0.05, 0) is 12.3 Å². The van der Waals surface area contributed by atoms with Crippen LogP contribution in [0.1, 0.15) is 20.3 Å². The molecule has 0 aliphatic heterocycles. The summed E-state index contributed by atoms with van der Waals surface area (Å²) in [5, 5.41) is 12.2. The van der Waals surface area contributed by atoms with Crippen LogP contribution in [0.4, 0.5) is 5.95 Å². The molecule has 0 spiro atoms. The summed E-state index contributed by atoms with van der Waals surface area (Å²) < 4.78 is 0.